The molecule has 2 aromatic carbocycles. The van der Waals surface area contributed by atoms with Crippen LogP contribution in [-0.2, 0) is 24.0 Å². The molecular weight excluding hydrogens is 442 g/mol. The summed E-state index contributed by atoms with van der Waals surface area (Å²) in [5.41, 5.74) is 2.16. The monoisotopic (exact) mass is 473 g/mol. The molecule has 0 atom stereocenters. The van der Waals surface area contributed by atoms with Crippen molar-refractivity contribution in [3.8, 4) is 0 Å². The maximum Gasteiger partial charge on any atom is 0.337 e. The molecule has 0 saturated heterocycles. The highest BCUT2D eigenvalue weighted by Gasteiger charge is 2.19. The van der Waals surface area contributed by atoms with E-state index in [2.05, 4.69) is 0 Å². The Morgan fingerprint density at radius 3 is 2.27 bits per heavy atom. The molecule has 0 bridgehead atoms. The van der Waals surface area contributed by atoms with Gasteiger partial charge in [-0.3, -0.25) is 0 Å². The third-order valence-corrected chi connectivity index (χ3v) is 7.33. The normalized spacial score (nSPS) is 13.5. The standard InChI is InChI=1S/C25H31NO6S/c1-30-16-6-4-3-5-7-17-33(28,29)23-14-10-20(11-15-23)24-18-26(19-32-24)22-12-8-21(9-13-22)25(27)31-2/h8-15,18H,3-7,16-17,19H2,1-2H3. The van der Waals surface area contributed by atoms with E-state index >= 15 is 0 Å². The van der Waals surface area contributed by atoms with Gasteiger partial charge in [0.05, 0.1) is 29.5 Å². The van der Waals surface area contributed by atoms with Gasteiger partial charge in [0, 0.05) is 25.0 Å². The Kier molecular flexibility index (Phi) is 8.91. The molecule has 0 fully saturated rings. The first-order chi connectivity index (χ1) is 15.9. The predicted molar refractivity (Wildman–Crippen MR) is 128 cm³/mol. The molecule has 8 heteroatoms. The number of nitrogens with zero attached hydrogens (tertiary/aromatic N) is 1. The van der Waals surface area contributed by atoms with Crippen molar-refractivity contribution in [1.82, 2.24) is 0 Å². The fraction of sp³-hybridized carbons (Fsp3) is 0.400. The summed E-state index contributed by atoms with van der Waals surface area (Å²) in [4.78, 5) is 13.8. The average Bonchev–Trinajstić information content (AvgIpc) is 3.33. The second-order valence-electron chi connectivity index (χ2n) is 7.88. The van der Waals surface area contributed by atoms with Gasteiger partial charge in [-0.2, -0.15) is 0 Å². The summed E-state index contributed by atoms with van der Waals surface area (Å²) < 4.78 is 40.8. The van der Waals surface area contributed by atoms with E-state index in [0.29, 0.717) is 29.4 Å². The Labute approximate surface area is 195 Å². The predicted octanol–water partition coefficient (Wildman–Crippen LogP) is 4.64. The lowest BCUT2D eigenvalue weighted by molar-refractivity contribution is 0.0600. The third kappa shape index (κ3) is 6.82. The highest BCUT2D eigenvalue weighted by Crippen LogP contribution is 2.28. The maximum atomic E-state index is 12.6. The van der Waals surface area contributed by atoms with Gasteiger partial charge < -0.3 is 19.1 Å². The number of unbranched alkanes of at least 4 members (excludes halogenated alkanes) is 4. The summed E-state index contributed by atoms with van der Waals surface area (Å²) in [5.74, 6) is 0.435. The van der Waals surface area contributed by atoms with Crippen molar-refractivity contribution in [2.75, 3.05) is 38.2 Å². The molecule has 0 aliphatic carbocycles. The van der Waals surface area contributed by atoms with Crippen LogP contribution in [0.5, 0.6) is 0 Å². The number of carbonyl (C=O) groups excluding carboxylic acids is 1. The number of methoxy groups -OCH3 is 2. The van der Waals surface area contributed by atoms with E-state index in [-0.39, 0.29) is 11.7 Å². The topological polar surface area (TPSA) is 82.1 Å². The average molecular weight is 474 g/mol. The molecule has 178 valence electrons. The molecule has 1 aliphatic rings. The Bertz CT molecular complexity index is 1050. The van der Waals surface area contributed by atoms with Gasteiger partial charge in [0.15, 0.2) is 16.6 Å². The van der Waals surface area contributed by atoms with Gasteiger partial charge >= 0.3 is 5.97 Å². The number of anilines is 1. The smallest absolute Gasteiger partial charge is 0.337 e. The quantitative estimate of drug-likeness (QED) is 0.328. The summed E-state index contributed by atoms with van der Waals surface area (Å²) >= 11 is 0. The molecule has 33 heavy (non-hydrogen) atoms. The zero-order valence-electron chi connectivity index (χ0n) is 19.2. The van der Waals surface area contributed by atoms with Crippen LogP contribution < -0.4 is 4.90 Å². The van der Waals surface area contributed by atoms with Crippen molar-refractivity contribution >= 4 is 27.3 Å². The number of hydrogen-bond acceptors (Lipinski definition) is 7. The molecule has 0 spiro atoms. The molecule has 0 N–H and O–H groups in total. The van der Waals surface area contributed by atoms with Crippen LogP contribution in [0.25, 0.3) is 5.76 Å². The molecule has 0 aromatic heterocycles. The van der Waals surface area contributed by atoms with Crippen molar-refractivity contribution in [2.24, 2.45) is 0 Å². The Morgan fingerprint density at radius 1 is 0.939 bits per heavy atom. The van der Waals surface area contributed by atoms with Crippen LogP contribution in [0, 0.1) is 0 Å². The number of carbonyl (C=O) groups is 1. The van der Waals surface area contributed by atoms with Gasteiger partial charge in [0.1, 0.15) is 5.76 Å². The Hall–Kier alpha value is -2.84. The molecule has 0 unspecified atom stereocenters. The van der Waals surface area contributed by atoms with Crippen LogP contribution in [0.2, 0.25) is 0 Å². The van der Waals surface area contributed by atoms with Crippen LogP contribution in [0.4, 0.5) is 5.69 Å². The second kappa shape index (κ2) is 11.9. The van der Waals surface area contributed by atoms with Crippen LogP contribution in [0.1, 0.15) is 48.0 Å². The molecule has 0 radical (unpaired) electrons. The molecule has 7 nitrogen and oxygen atoms in total. The highest BCUT2D eigenvalue weighted by atomic mass is 32.2. The van der Waals surface area contributed by atoms with Crippen molar-refractivity contribution in [3.63, 3.8) is 0 Å². The van der Waals surface area contributed by atoms with Gasteiger partial charge in [-0.05, 0) is 61.4 Å². The lowest BCUT2D eigenvalue weighted by Crippen LogP contribution is -2.13. The SMILES string of the molecule is COCCCCCCCS(=O)(=O)c1ccc(C2=CN(c3ccc(C(=O)OC)cc3)CO2)cc1. The minimum Gasteiger partial charge on any atom is -0.471 e. The highest BCUT2D eigenvalue weighted by molar-refractivity contribution is 7.91. The van der Waals surface area contributed by atoms with E-state index in [1.165, 1.54) is 7.11 Å². The van der Waals surface area contributed by atoms with Crippen LogP contribution in [0.15, 0.2) is 59.6 Å². The fourth-order valence-electron chi connectivity index (χ4n) is 3.58. The zero-order valence-corrected chi connectivity index (χ0v) is 20.0. The third-order valence-electron chi connectivity index (χ3n) is 5.51. The van der Waals surface area contributed by atoms with Gasteiger partial charge in [0.25, 0.3) is 0 Å². The molecule has 2 aromatic rings. The van der Waals surface area contributed by atoms with Crippen molar-refractivity contribution in [1.29, 1.82) is 0 Å². The summed E-state index contributed by atoms with van der Waals surface area (Å²) in [6.45, 7) is 1.08. The lowest BCUT2D eigenvalue weighted by Gasteiger charge is -2.13. The lowest BCUT2D eigenvalue weighted by atomic mass is 10.2. The Balaban J connectivity index is 1.56. The van der Waals surface area contributed by atoms with Crippen LogP contribution >= 0.6 is 0 Å². The van der Waals surface area contributed by atoms with E-state index in [1.54, 1.807) is 43.5 Å². The number of sulfone groups is 1. The van der Waals surface area contributed by atoms with Gasteiger partial charge in [-0.25, -0.2) is 13.2 Å². The molecule has 0 amide bonds. The number of hydrogen-bond donors (Lipinski definition) is 0. The fourth-order valence-corrected chi connectivity index (χ4v) is 4.95. The van der Waals surface area contributed by atoms with E-state index in [9.17, 15) is 13.2 Å². The van der Waals surface area contributed by atoms with Gasteiger partial charge in [-0.1, -0.05) is 19.3 Å². The maximum absolute atomic E-state index is 12.6. The van der Waals surface area contributed by atoms with Crippen molar-refractivity contribution in [2.45, 2.75) is 37.0 Å². The first kappa shape index (κ1) is 24.8. The van der Waals surface area contributed by atoms with Gasteiger partial charge in [-0.15, -0.1) is 0 Å². The Morgan fingerprint density at radius 2 is 1.61 bits per heavy atom. The first-order valence-corrected chi connectivity index (χ1v) is 12.7. The summed E-state index contributed by atoms with van der Waals surface area (Å²) in [6.07, 6.45) is 6.52. The molecule has 1 aliphatic heterocycles. The number of ether oxygens (including phenoxy) is 3. The van der Waals surface area contributed by atoms with Crippen molar-refractivity contribution in [3.05, 3.63) is 65.9 Å². The number of esters is 1. The molecular formula is C25H31NO6S. The second-order valence-corrected chi connectivity index (χ2v) is 9.99. The summed E-state index contributed by atoms with van der Waals surface area (Å²) in [5, 5.41) is 0. The van der Waals surface area contributed by atoms with Crippen LogP contribution in [-0.4, -0.2) is 47.7 Å². The number of benzene rings is 2. The molecule has 3 rings (SSSR count). The van der Waals surface area contributed by atoms with Gasteiger partial charge in [0.2, 0.25) is 0 Å². The summed E-state index contributed by atoms with van der Waals surface area (Å²) in [6, 6.07) is 13.9. The first-order valence-electron chi connectivity index (χ1n) is 11.1. The largest absolute Gasteiger partial charge is 0.471 e. The van der Waals surface area contributed by atoms with E-state index in [0.717, 1.165) is 43.5 Å². The minimum atomic E-state index is -3.30. The van der Waals surface area contributed by atoms with Crippen LogP contribution in [0.3, 0.4) is 0 Å². The zero-order chi connectivity index (χ0) is 23.7. The minimum absolute atomic E-state index is 0.158. The van der Waals surface area contributed by atoms with Crippen molar-refractivity contribution < 1.29 is 27.4 Å². The van der Waals surface area contributed by atoms with E-state index in [1.807, 2.05) is 23.2 Å². The summed E-state index contributed by atoms with van der Waals surface area (Å²) in [7, 11) is -0.259. The van der Waals surface area contributed by atoms with E-state index in [4.69, 9.17) is 14.2 Å². The van der Waals surface area contributed by atoms with E-state index < -0.39 is 9.84 Å². The molecule has 1 heterocycles. The number of rotatable bonds is 12. The molecule has 0 saturated carbocycles.